The first kappa shape index (κ1) is 10.7. The molecule has 0 spiro atoms. The highest BCUT2D eigenvalue weighted by molar-refractivity contribution is 9.09. The molecule has 1 atom stereocenters. The predicted molar refractivity (Wildman–Crippen MR) is 66.5 cm³/mol. The van der Waals surface area contributed by atoms with Crippen LogP contribution in [0.25, 0.3) is 0 Å². The number of hydrogen-bond acceptors (Lipinski definition) is 1. The number of benzene rings is 1. The fourth-order valence-electron chi connectivity index (χ4n) is 1.33. The highest BCUT2D eigenvalue weighted by atomic mass is 79.9. The number of pyridine rings is 1. The summed E-state index contributed by atoms with van der Waals surface area (Å²) in [6.07, 6.45) is 1.66. The highest BCUT2D eigenvalue weighted by Crippen LogP contribution is 2.29. The van der Waals surface area contributed by atoms with Crippen LogP contribution >= 0.6 is 27.5 Å². The van der Waals surface area contributed by atoms with Gasteiger partial charge < -0.3 is 0 Å². The van der Waals surface area contributed by atoms with Crippen LogP contribution in [0.15, 0.2) is 48.7 Å². The van der Waals surface area contributed by atoms with Gasteiger partial charge in [0.1, 0.15) is 0 Å². The van der Waals surface area contributed by atoms with E-state index in [1.807, 2.05) is 30.3 Å². The quantitative estimate of drug-likeness (QED) is 0.752. The SMILES string of the molecule is Clc1ccc(C(Br)c2ccccc2)nc1. The van der Waals surface area contributed by atoms with Crippen LogP contribution in [0.2, 0.25) is 5.02 Å². The van der Waals surface area contributed by atoms with Gasteiger partial charge >= 0.3 is 0 Å². The molecule has 0 N–H and O–H groups in total. The summed E-state index contributed by atoms with van der Waals surface area (Å²) in [5.41, 5.74) is 2.15. The van der Waals surface area contributed by atoms with Crippen molar-refractivity contribution in [3.63, 3.8) is 0 Å². The molecule has 0 amide bonds. The summed E-state index contributed by atoms with van der Waals surface area (Å²) in [5.74, 6) is 0. The van der Waals surface area contributed by atoms with Crippen LogP contribution in [0.1, 0.15) is 16.1 Å². The van der Waals surface area contributed by atoms with Gasteiger partial charge in [-0.3, -0.25) is 4.98 Å². The van der Waals surface area contributed by atoms with E-state index in [1.54, 1.807) is 6.20 Å². The Hall–Kier alpha value is -0.860. The Bertz CT molecular complexity index is 427. The molecule has 1 heterocycles. The lowest BCUT2D eigenvalue weighted by atomic mass is 10.1. The molecule has 0 bridgehead atoms. The number of hydrogen-bond donors (Lipinski definition) is 0. The van der Waals surface area contributed by atoms with E-state index in [0.717, 1.165) is 5.69 Å². The van der Waals surface area contributed by atoms with Crippen molar-refractivity contribution >= 4 is 27.5 Å². The number of nitrogens with zero attached hydrogens (tertiary/aromatic N) is 1. The second kappa shape index (κ2) is 4.77. The minimum absolute atomic E-state index is 0.121. The number of aromatic nitrogens is 1. The molecule has 1 unspecified atom stereocenters. The molecular weight excluding hydrogens is 273 g/mol. The molecule has 2 rings (SSSR count). The van der Waals surface area contributed by atoms with Gasteiger partial charge in [0.2, 0.25) is 0 Å². The van der Waals surface area contributed by atoms with Gasteiger partial charge in [-0.15, -0.1) is 0 Å². The third kappa shape index (κ3) is 2.58. The molecule has 0 aliphatic carbocycles. The van der Waals surface area contributed by atoms with Crippen molar-refractivity contribution in [2.75, 3.05) is 0 Å². The van der Waals surface area contributed by atoms with Crippen molar-refractivity contribution in [2.24, 2.45) is 0 Å². The molecule has 1 aromatic carbocycles. The smallest absolute Gasteiger partial charge is 0.0816 e. The van der Waals surface area contributed by atoms with E-state index >= 15 is 0 Å². The standard InChI is InChI=1S/C12H9BrClN/c13-12(9-4-2-1-3-5-9)11-7-6-10(14)8-15-11/h1-8,12H. The summed E-state index contributed by atoms with van der Waals surface area (Å²) >= 11 is 9.40. The van der Waals surface area contributed by atoms with E-state index in [0.29, 0.717) is 5.02 Å². The Morgan fingerprint density at radius 3 is 2.40 bits per heavy atom. The van der Waals surface area contributed by atoms with Gasteiger partial charge in [0.25, 0.3) is 0 Å². The van der Waals surface area contributed by atoms with Gasteiger partial charge in [-0.2, -0.15) is 0 Å². The maximum atomic E-state index is 5.78. The Balaban J connectivity index is 2.29. The second-order valence-corrected chi connectivity index (χ2v) is 4.53. The highest BCUT2D eigenvalue weighted by Gasteiger charge is 2.10. The molecule has 0 fully saturated rings. The summed E-state index contributed by atoms with van der Waals surface area (Å²) in [6.45, 7) is 0. The molecule has 15 heavy (non-hydrogen) atoms. The molecule has 0 saturated carbocycles. The maximum Gasteiger partial charge on any atom is 0.0816 e. The second-order valence-electron chi connectivity index (χ2n) is 3.17. The van der Waals surface area contributed by atoms with Gasteiger partial charge in [0.05, 0.1) is 15.5 Å². The molecule has 76 valence electrons. The Kier molecular flexibility index (Phi) is 3.39. The summed E-state index contributed by atoms with van der Waals surface area (Å²) in [6, 6.07) is 13.9. The molecular formula is C12H9BrClN. The average Bonchev–Trinajstić information content (AvgIpc) is 2.30. The summed E-state index contributed by atoms with van der Waals surface area (Å²) in [7, 11) is 0. The average molecular weight is 283 g/mol. The topological polar surface area (TPSA) is 12.9 Å². The zero-order chi connectivity index (χ0) is 10.7. The van der Waals surface area contributed by atoms with Crippen molar-refractivity contribution in [1.29, 1.82) is 0 Å². The summed E-state index contributed by atoms with van der Waals surface area (Å²) in [5, 5.41) is 0.659. The lowest BCUT2D eigenvalue weighted by Gasteiger charge is -2.09. The zero-order valence-electron chi connectivity index (χ0n) is 7.90. The Morgan fingerprint density at radius 2 is 1.80 bits per heavy atom. The largest absolute Gasteiger partial charge is 0.258 e. The molecule has 1 aromatic heterocycles. The van der Waals surface area contributed by atoms with Crippen LogP contribution in [0.4, 0.5) is 0 Å². The van der Waals surface area contributed by atoms with Crippen LogP contribution in [0.3, 0.4) is 0 Å². The normalized spacial score (nSPS) is 12.4. The van der Waals surface area contributed by atoms with Crippen molar-refractivity contribution in [3.05, 3.63) is 64.9 Å². The van der Waals surface area contributed by atoms with Gasteiger partial charge in [-0.1, -0.05) is 57.9 Å². The molecule has 1 nitrogen and oxygen atoms in total. The fraction of sp³-hybridized carbons (Fsp3) is 0.0833. The fourth-order valence-corrected chi connectivity index (χ4v) is 2.02. The molecule has 0 aliphatic heterocycles. The van der Waals surface area contributed by atoms with Gasteiger partial charge in [0, 0.05) is 6.20 Å². The van der Waals surface area contributed by atoms with Crippen LogP contribution in [0.5, 0.6) is 0 Å². The first-order valence-electron chi connectivity index (χ1n) is 4.58. The van der Waals surface area contributed by atoms with Crippen molar-refractivity contribution in [2.45, 2.75) is 4.83 Å². The molecule has 2 aromatic rings. The van der Waals surface area contributed by atoms with E-state index < -0.39 is 0 Å². The maximum absolute atomic E-state index is 5.78. The van der Waals surface area contributed by atoms with Crippen LogP contribution < -0.4 is 0 Å². The van der Waals surface area contributed by atoms with Crippen LogP contribution in [-0.2, 0) is 0 Å². The van der Waals surface area contributed by atoms with Gasteiger partial charge in [-0.25, -0.2) is 0 Å². The lowest BCUT2D eigenvalue weighted by molar-refractivity contribution is 1.06. The Morgan fingerprint density at radius 1 is 1.07 bits per heavy atom. The molecule has 3 heteroatoms. The minimum atomic E-state index is 0.121. The lowest BCUT2D eigenvalue weighted by Crippen LogP contribution is -1.94. The Labute approximate surface area is 102 Å². The minimum Gasteiger partial charge on any atom is -0.258 e. The predicted octanol–water partition coefficient (Wildman–Crippen LogP) is 4.22. The number of halogens is 2. The van der Waals surface area contributed by atoms with E-state index in [2.05, 4.69) is 33.0 Å². The third-order valence-corrected chi connectivity index (χ3v) is 3.32. The summed E-state index contributed by atoms with van der Waals surface area (Å²) < 4.78 is 0. The summed E-state index contributed by atoms with van der Waals surface area (Å²) in [4.78, 5) is 4.40. The van der Waals surface area contributed by atoms with E-state index in [4.69, 9.17) is 11.6 Å². The number of rotatable bonds is 2. The monoisotopic (exact) mass is 281 g/mol. The molecule has 0 aliphatic rings. The number of alkyl halides is 1. The van der Waals surface area contributed by atoms with Crippen molar-refractivity contribution in [1.82, 2.24) is 4.98 Å². The third-order valence-electron chi connectivity index (χ3n) is 2.10. The molecule has 0 radical (unpaired) electrons. The van der Waals surface area contributed by atoms with Crippen LogP contribution in [0, 0.1) is 0 Å². The van der Waals surface area contributed by atoms with Crippen LogP contribution in [-0.4, -0.2) is 4.98 Å². The first-order chi connectivity index (χ1) is 7.27. The van der Waals surface area contributed by atoms with E-state index in [-0.39, 0.29) is 4.83 Å². The van der Waals surface area contributed by atoms with E-state index in [9.17, 15) is 0 Å². The first-order valence-corrected chi connectivity index (χ1v) is 5.87. The zero-order valence-corrected chi connectivity index (χ0v) is 10.2. The van der Waals surface area contributed by atoms with Crippen molar-refractivity contribution in [3.8, 4) is 0 Å². The van der Waals surface area contributed by atoms with Crippen molar-refractivity contribution < 1.29 is 0 Å². The molecule has 0 saturated heterocycles. The van der Waals surface area contributed by atoms with Gasteiger partial charge in [0.15, 0.2) is 0 Å². The van der Waals surface area contributed by atoms with E-state index in [1.165, 1.54) is 5.56 Å². The van der Waals surface area contributed by atoms with Gasteiger partial charge in [-0.05, 0) is 17.7 Å².